The third kappa shape index (κ3) is 6.63. The first-order valence-electron chi connectivity index (χ1n) is 13.0. The number of thiazole rings is 1. The van der Waals surface area contributed by atoms with Gasteiger partial charge in [-0.3, -0.25) is 10.3 Å². The van der Waals surface area contributed by atoms with Gasteiger partial charge in [0.15, 0.2) is 11.6 Å². The van der Waals surface area contributed by atoms with Crippen LogP contribution in [0.15, 0.2) is 54.9 Å². The third-order valence-electron chi connectivity index (χ3n) is 6.59. The van der Waals surface area contributed by atoms with Crippen molar-refractivity contribution in [3.8, 4) is 28.0 Å². The summed E-state index contributed by atoms with van der Waals surface area (Å²) in [4.78, 5) is 24.5. The summed E-state index contributed by atoms with van der Waals surface area (Å²) >= 11 is 1.40. The van der Waals surface area contributed by atoms with E-state index in [2.05, 4.69) is 20.3 Å². The highest BCUT2D eigenvalue weighted by Gasteiger charge is 2.19. The van der Waals surface area contributed by atoms with E-state index in [1.165, 1.54) is 29.7 Å². The summed E-state index contributed by atoms with van der Waals surface area (Å²) < 4.78 is 29.7. The number of phenols is 1. The van der Waals surface area contributed by atoms with Crippen molar-refractivity contribution in [3.63, 3.8) is 0 Å². The minimum Gasteiger partial charge on any atom is -0.505 e. The van der Waals surface area contributed by atoms with Gasteiger partial charge >= 0.3 is 6.09 Å². The van der Waals surface area contributed by atoms with Crippen molar-refractivity contribution in [2.75, 3.05) is 19.5 Å². The van der Waals surface area contributed by atoms with Crippen molar-refractivity contribution in [2.45, 2.75) is 38.7 Å². The molecule has 1 amide bonds. The van der Waals surface area contributed by atoms with E-state index in [0.29, 0.717) is 22.8 Å². The molecule has 3 aromatic heterocycles. The number of amides is 1. The zero-order valence-corrected chi connectivity index (χ0v) is 23.6. The molecule has 3 heterocycles. The summed E-state index contributed by atoms with van der Waals surface area (Å²) in [5.74, 6) is 0.168. The van der Waals surface area contributed by atoms with Gasteiger partial charge in [0.25, 0.3) is 0 Å². The lowest BCUT2D eigenvalue weighted by Gasteiger charge is -2.12. The van der Waals surface area contributed by atoms with E-state index in [9.17, 15) is 14.3 Å². The van der Waals surface area contributed by atoms with E-state index in [4.69, 9.17) is 14.2 Å². The fourth-order valence-corrected chi connectivity index (χ4v) is 5.58. The van der Waals surface area contributed by atoms with Gasteiger partial charge in [0, 0.05) is 30.6 Å². The Morgan fingerprint density at radius 2 is 1.88 bits per heavy atom. The quantitative estimate of drug-likeness (QED) is 0.220. The number of pyridine rings is 2. The second kappa shape index (κ2) is 12.3. The van der Waals surface area contributed by atoms with Crippen LogP contribution in [0.5, 0.6) is 17.4 Å². The highest BCUT2D eigenvalue weighted by Crippen LogP contribution is 2.37. The number of methoxy groups -OCH3 is 2. The fraction of sp³-hybridized carbons (Fsp3) is 0.267. The van der Waals surface area contributed by atoms with E-state index in [1.807, 2.05) is 25.1 Å². The molecule has 9 nitrogen and oxygen atoms in total. The van der Waals surface area contributed by atoms with Crippen LogP contribution >= 0.6 is 11.3 Å². The Morgan fingerprint density at radius 3 is 2.59 bits per heavy atom. The summed E-state index contributed by atoms with van der Waals surface area (Å²) in [7, 11) is 3.15. The number of hydrogen-bond donors (Lipinski definition) is 2. The molecular formula is C30H31FN4O5S. The van der Waals surface area contributed by atoms with Gasteiger partial charge < -0.3 is 19.3 Å². The Labute approximate surface area is 241 Å². The summed E-state index contributed by atoms with van der Waals surface area (Å²) in [6.45, 7) is 2.00. The molecule has 1 aliphatic rings. The van der Waals surface area contributed by atoms with Crippen molar-refractivity contribution in [1.29, 1.82) is 0 Å². The third-order valence-corrected chi connectivity index (χ3v) is 7.64. The molecule has 0 unspecified atom stereocenters. The van der Waals surface area contributed by atoms with Crippen LogP contribution in [0.2, 0.25) is 0 Å². The lowest BCUT2D eigenvalue weighted by Crippen LogP contribution is -2.20. The molecule has 6 rings (SSSR count). The lowest BCUT2D eigenvalue weighted by molar-refractivity contribution is 0.114. The number of carbonyl (C=O) groups is 1. The number of nitrogens with zero attached hydrogens (tertiary/aromatic N) is 3. The number of aryl methyl sites for hydroxylation is 1. The molecule has 0 bridgehead atoms. The van der Waals surface area contributed by atoms with Crippen LogP contribution in [0.1, 0.15) is 32.7 Å². The Morgan fingerprint density at radius 1 is 1.07 bits per heavy atom. The van der Waals surface area contributed by atoms with Gasteiger partial charge in [-0.1, -0.05) is 0 Å². The predicted octanol–water partition coefficient (Wildman–Crippen LogP) is 7.50. The first-order valence-corrected chi connectivity index (χ1v) is 13.9. The van der Waals surface area contributed by atoms with Gasteiger partial charge in [-0.15, -0.1) is 11.3 Å². The Kier molecular flexibility index (Phi) is 8.44. The first kappa shape index (κ1) is 28.0. The maximum Gasteiger partial charge on any atom is 0.411 e. The van der Waals surface area contributed by atoms with E-state index in [-0.39, 0.29) is 13.3 Å². The molecule has 0 spiro atoms. The monoisotopic (exact) mass is 578 g/mol. The summed E-state index contributed by atoms with van der Waals surface area (Å²) in [5.41, 5.74) is 3.89. The number of aromatic nitrogens is 3. The standard InChI is InChI=1S/C18H13FN2O2S.C12H16N2O3.H2/c1-9-3-10-5-11(23-2)8-20-17(10)12(4-9)18-21-14-6-13(19)15(22)7-16(14)24-18;1-16-11-7-6-9(8-13-11)14-12(15)17-10-4-2-3-5-10;/h3-8,22H,1-2H3;6-8,10H,2-5H2,1H3,(H,14,15);1H. The normalized spacial score (nSPS) is 13.1. The number of anilines is 1. The van der Waals surface area contributed by atoms with Crippen molar-refractivity contribution < 1.29 is 29.9 Å². The van der Waals surface area contributed by atoms with E-state index >= 15 is 0 Å². The maximum atomic E-state index is 13.5. The molecular weight excluding hydrogens is 547 g/mol. The molecule has 1 fully saturated rings. The number of fused-ring (bicyclic) bond motifs is 2. The smallest absolute Gasteiger partial charge is 0.411 e. The molecule has 2 aromatic carbocycles. The number of benzene rings is 2. The maximum absolute atomic E-state index is 13.5. The Bertz CT molecular complexity index is 1650. The Hall–Kier alpha value is -4.51. The topological polar surface area (TPSA) is 116 Å². The van der Waals surface area contributed by atoms with Gasteiger partial charge in [0.05, 0.1) is 48.0 Å². The van der Waals surface area contributed by atoms with E-state index < -0.39 is 11.9 Å². The summed E-state index contributed by atoms with van der Waals surface area (Å²) in [5, 5.41) is 13.9. The van der Waals surface area contributed by atoms with Crippen LogP contribution in [0.4, 0.5) is 14.9 Å². The number of hydrogen-bond acceptors (Lipinski definition) is 9. The highest BCUT2D eigenvalue weighted by atomic mass is 32.1. The fourth-order valence-electron chi connectivity index (χ4n) is 4.59. The summed E-state index contributed by atoms with van der Waals surface area (Å²) in [6, 6.07) is 12.0. The molecule has 0 saturated heterocycles. The Balaban J connectivity index is 0.000000200. The SMILES string of the molecule is COc1ccc(NC(=O)OC2CCCC2)cn1.COc1cnc2c(-c3nc4cc(F)c(O)cc4s3)cc(C)cc2c1.[HH]. The molecule has 0 atom stereocenters. The first-order chi connectivity index (χ1) is 19.8. The largest absolute Gasteiger partial charge is 0.505 e. The van der Waals surface area contributed by atoms with Crippen molar-refractivity contribution >= 4 is 44.2 Å². The van der Waals surface area contributed by atoms with E-state index in [0.717, 1.165) is 57.4 Å². The average Bonchev–Trinajstić information content (AvgIpc) is 3.63. The van der Waals surface area contributed by atoms with Crippen molar-refractivity contribution in [3.05, 3.63) is 66.2 Å². The van der Waals surface area contributed by atoms with Gasteiger partial charge in [0.2, 0.25) is 5.88 Å². The van der Waals surface area contributed by atoms with Gasteiger partial charge in [0.1, 0.15) is 16.9 Å². The molecule has 41 heavy (non-hydrogen) atoms. The number of halogens is 1. The second-order valence-electron chi connectivity index (χ2n) is 9.58. The lowest BCUT2D eigenvalue weighted by atomic mass is 10.1. The average molecular weight is 579 g/mol. The number of aromatic hydroxyl groups is 1. The van der Waals surface area contributed by atoms with Crippen LogP contribution in [-0.2, 0) is 4.74 Å². The zero-order valence-electron chi connectivity index (χ0n) is 22.8. The van der Waals surface area contributed by atoms with Crippen LogP contribution in [0.25, 0.3) is 31.7 Å². The minimum atomic E-state index is -0.670. The molecule has 11 heteroatoms. The minimum absolute atomic E-state index is 0. The van der Waals surface area contributed by atoms with Crippen LogP contribution in [0.3, 0.4) is 0 Å². The van der Waals surface area contributed by atoms with Gasteiger partial charge in [-0.05, 0) is 62.4 Å². The molecule has 214 valence electrons. The molecule has 0 radical (unpaired) electrons. The van der Waals surface area contributed by atoms with Gasteiger partial charge in [-0.25, -0.2) is 19.2 Å². The van der Waals surface area contributed by atoms with Crippen LogP contribution in [-0.4, -0.2) is 46.5 Å². The molecule has 1 saturated carbocycles. The molecule has 5 aromatic rings. The molecule has 1 aliphatic carbocycles. The van der Waals surface area contributed by atoms with Crippen molar-refractivity contribution in [2.24, 2.45) is 0 Å². The molecule has 0 aliphatic heterocycles. The number of phenolic OH excluding ortho intramolecular Hbond substituents is 1. The number of carbonyl (C=O) groups excluding carboxylic acids is 1. The van der Waals surface area contributed by atoms with Crippen molar-refractivity contribution in [1.82, 2.24) is 15.0 Å². The predicted molar refractivity (Wildman–Crippen MR) is 159 cm³/mol. The number of nitrogens with one attached hydrogen (secondary N) is 1. The number of ether oxygens (including phenoxy) is 3. The van der Waals surface area contributed by atoms with Gasteiger partial charge in [-0.2, -0.15) is 0 Å². The highest BCUT2D eigenvalue weighted by molar-refractivity contribution is 7.21. The van der Waals surface area contributed by atoms with Crippen LogP contribution in [0, 0.1) is 12.7 Å². The molecule has 2 N–H and O–H groups in total. The van der Waals surface area contributed by atoms with E-state index in [1.54, 1.807) is 32.5 Å². The zero-order chi connectivity index (χ0) is 28.9. The summed E-state index contributed by atoms with van der Waals surface area (Å²) in [6.07, 6.45) is 7.08. The number of rotatable bonds is 5. The second-order valence-corrected chi connectivity index (χ2v) is 10.6. The van der Waals surface area contributed by atoms with Crippen LogP contribution < -0.4 is 14.8 Å².